The Hall–Kier alpha value is -1.39. The molecule has 0 spiro atoms. The van der Waals surface area contributed by atoms with Crippen LogP contribution in [-0.4, -0.2) is 43.7 Å². The quantitative estimate of drug-likeness (QED) is 0.712. The number of benzene rings is 1. The van der Waals surface area contributed by atoms with Crippen molar-refractivity contribution in [1.29, 1.82) is 0 Å². The molecule has 1 aliphatic carbocycles. The molecular formula is C19H30N2O2. The first-order valence-corrected chi connectivity index (χ1v) is 8.83. The second-order valence-corrected chi connectivity index (χ2v) is 6.38. The van der Waals surface area contributed by atoms with Gasteiger partial charge in [-0.05, 0) is 24.8 Å². The monoisotopic (exact) mass is 318 g/mol. The van der Waals surface area contributed by atoms with Crippen molar-refractivity contribution in [1.82, 2.24) is 10.2 Å². The SMILES string of the molecule is COCCCNC(=O)CN(Cc1ccccc1)C1CCCCC1. The van der Waals surface area contributed by atoms with Crippen LogP contribution < -0.4 is 5.32 Å². The Morgan fingerprint density at radius 2 is 1.96 bits per heavy atom. The lowest BCUT2D eigenvalue weighted by molar-refractivity contribution is -0.123. The van der Waals surface area contributed by atoms with E-state index in [0.717, 1.165) is 13.0 Å². The highest BCUT2D eigenvalue weighted by Crippen LogP contribution is 2.23. The molecule has 1 N–H and O–H groups in total. The second kappa shape index (κ2) is 10.4. The Kier molecular flexibility index (Phi) is 8.12. The van der Waals surface area contributed by atoms with E-state index < -0.39 is 0 Å². The van der Waals surface area contributed by atoms with E-state index in [-0.39, 0.29) is 5.91 Å². The van der Waals surface area contributed by atoms with Crippen molar-refractivity contribution in [2.24, 2.45) is 0 Å². The van der Waals surface area contributed by atoms with E-state index in [2.05, 4.69) is 34.5 Å². The summed E-state index contributed by atoms with van der Waals surface area (Å²) in [6.07, 6.45) is 7.19. The molecule has 0 heterocycles. The van der Waals surface area contributed by atoms with Gasteiger partial charge in [0.25, 0.3) is 0 Å². The standard InChI is InChI=1S/C19H30N2O2/c1-23-14-8-13-20-19(22)16-21(18-11-6-3-7-12-18)15-17-9-4-2-5-10-17/h2,4-5,9-10,18H,3,6-8,11-16H2,1H3,(H,20,22). The largest absolute Gasteiger partial charge is 0.385 e. The lowest BCUT2D eigenvalue weighted by atomic mass is 9.93. The molecule has 1 aromatic rings. The number of carbonyl (C=O) groups is 1. The predicted molar refractivity (Wildman–Crippen MR) is 93.2 cm³/mol. The zero-order chi connectivity index (χ0) is 16.3. The summed E-state index contributed by atoms with van der Waals surface area (Å²) in [5.74, 6) is 0.127. The van der Waals surface area contributed by atoms with Crippen LogP contribution in [0.1, 0.15) is 44.1 Å². The summed E-state index contributed by atoms with van der Waals surface area (Å²) in [6, 6.07) is 11.0. The second-order valence-electron chi connectivity index (χ2n) is 6.38. The minimum Gasteiger partial charge on any atom is -0.385 e. The molecule has 0 unspecified atom stereocenters. The Labute approximate surface area is 140 Å². The molecule has 0 bridgehead atoms. The van der Waals surface area contributed by atoms with Gasteiger partial charge >= 0.3 is 0 Å². The molecule has 0 saturated heterocycles. The number of amides is 1. The van der Waals surface area contributed by atoms with Crippen LogP contribution >= 0.6 is 0 Å². The Morgan fingerprint density at radius 1 is 1.22 bits per heavy atom. The smallest absolute Gasteiger partial charge is 0.234 e. The first-order valence-electron chi connectivity index (χ1n) is 8.83. The van der Waals surface area contributed by atoms with E-state index in [0.29, 0.717) is 25.7 Å². The number of rotatable bonds is 9. The van der Waals surface area contributed by atoms with Gasteiger partial charge in [-0.3, -0.25) is 9.69 Å². The van der Waals surface area contributed by atoms with Crippen LogP contribution in [0.25, 0.3) is 0 Å². The Balaban J connectivity index is 1.88. The molecule has 4 nitrogen and oxygen atoms in total. The van der Waals surface area contributed by atoms with Gasteiger partial charge in [0.05, 0.1) is 6.54 Å². The summed E-state index contributed by atoms with van der Waals surface area (Å²) < 4.78 is 5.02. The number of nitrogens with one attached hydrogen (secondary N) is 1. The third-order valence-electron chi connectivity index (χ3n) is 4.51. The fourth-order valence-electron chi connectivity index (χ4n) is 3.26. The first-order chi connectivity index (χ1) is 11.3. The summed E-state index contributed by atoms with van der Waals surface area (Å²) in [5, 5.41) is 3.01. The molecule has 1 aliphatic rings. The van der Waals surface area contributed by atoms with Crippen LogP contribution in [0.2, 0.25) is 0 Å². The lowest BCUT2D eigenvalue weighted by Gasteiger charge is -2.34. The van der Waals surface area contributed by atoms with Crippen LogP contribution in [0, 0.1) is 0 Å². The summed E-state index contributed by atoms with van der Waals surface area (Å²) in [5.41, 5.74) is 1.28. The van der Waals surface area contributed by atoms with Crippen molar-refractivity contribution in [2.45, 2.75) is 51.1 Å². The molecular weight excluding hydrogens is 288 g/mol. The highest BCUT2D eigenvalue weighted by atomic mass is 16.5. The van der Waals surface area contributed by atoms with Gasteiger partial charge in [-0.1, -0.05) is 49.6 Å². The minimum absolute atomic E-state index is 0.127. The van der Waals surface area contributed by atoms with Crippen molar-refractivity contribution >= 4 is 5.91 Å². The number of ether oxygens (including phenoxy) is 1. The number of hydrogen-bond donors (Lipinski definition) is 1. The van der Waals surface area contributed by atoms with Crippen molar-refractivity contribution in [3.63, 3.8) is 0 Å². The van der Waals surface area contributed by atoms with E-state index in [1.807, 2.05) is 6.07 Å². The molecule has 1 aromatic carbocycles. The maximum Gasteiger partial charge on any atom is 0.234 e. The van der Waals surface area contributed by atoms with Crippen molar-refractivity contribution in [3.8, 4) is 0 Å². The van der Waals surface area contributed by atoms with E-state index in [1.165, 1.54) is 37.7 Å². The topological polar surface area (TPSA) is 41.6 Å². The first kappa shape index (κ1) is 18.0. The van der Waals surface area contributed by atoms with Crippen LogP contribution in [0.4, 0.5) is 0 Å². The molecule has 0 aliphatic heterocycles. The van der Waals surface area contributed by atoms with E-state index in [4.69, 9.17) is 4.74 Å². The molecule has 0 radical (unpaired) electrons. The van der Waals surface area contributed by atoms with Crippen LogP contribution in [0.15, 0.2) is 30.3 Å². The van der Waals surface area contributed by atoms with Crippen LogP contribution in [-0.2, 0) is 16.1 Å². The molecule has 1 amide bonds. The highest BCUT2D eigenvalue weighted by molar-refractivity contribution is 5.78. The molecule has 4 heteroatoms. The van der Waals surface area contributed by atoms with Crippen LogP contribution in [0.5, 0.6) is 0 Å². The lowest BCUT2D eigenvalue weighted by Crippen LogP contribution is -2.43. The molecule has 2 rings (SSSR count). The third kappa shape index (κ3) is 6.71. The maximum atomic E-state index is 12.3. The highest BCUT2D eigenvalue weighted by Gasteiger charge is 2.23. The van der Waals surface area contributed by atoms with E-state index in [1.54, 1.807) is 7.11 Å². The van der Waals surface area contributed by atoms with Crippen LogP contribution in [0.3, 0.4) is 0 Å². The number of methoxy groups -OCH3 is 1. The fourth-order valence-corrected chi connectivity index (χ4v) is 3.26. The molecule has 23 heavy (non-hydrogen) atoms. The fraction of sp³-hybridized carbons (Fsp3) is 0.632. The summed E-state index contributed by atoms with van der Waals surface area (Å²) >= 11 is 0. The van der Waals surface area contributed by atoms with Gasteiger partial charge in [0, 0.05) is 32.8 Å². The molecule has 0 aromatic heterocycles. The van der Waals surface area contributed by atoms with E-state index in [9.17, 15) is 4.79 Å². The number of nitrogens with zero attached hydrogens (tertiary/aromatic N) is 1. The average Bonchev–Trinajstić information content (AvgIpc) is 2.60. The zero-order valence-electron chi connectivity index (χ0n) is 14.3. The van der Waals surface area contributed by atoms with Crippen molar-refractivity contribution < 1.29 is 9.53 Å². The van der Waals surface area contributed by atoms with Gasteiger partial charge in [0.1, 0.15) is 0 Å². The average molecular weight is 318 g/mol. The normalized spacial score (nSPS) is 15.7. The van der Waals surface area contributed by atoms with Crippen molar-refractivity contribution in [3.05, 3.63) is 35.9 Å². The molecule has 0 atom stereocenters. The Morgan fingerprint density at radius 3 is 2.65 bits per heavy atom. The van der Waals surface area contributed by atoms with Gasteiger partial charge in [-0.25, -0.2) is 0 Å². The number of carbonyl (C=O) groups excluding carboxylic acids is 1. The molecule has 128 valence electrons. The van der Waals surface area contributed by atoms with Gasteiger partial charge < -0.3 is 10.1 Å². The minimum atomic E-state index is 0.127. The molecule has 1 saturated carbocycles. The summed E-state index contributed by atoms with van der Waals surface area (Å²) in [6.45, 7) is 2.73. The molecule has 1 fully saturated rings. The Bertz CT molecular complexity index is 444. The van der Waals surface area contributed by atoms with Gasteiger partial charge in [-0.2, -0.15) is 0 Å². The number of hydrogen-bond acceptors (Lipinski definition) is 3. The van der Waals surface area contributed by atoms with Gasteiger partial charge in [0.2, 0.25) is 5.91 Å². The van der Waals surface area contributed by atoms with Crippen molar-refractivity contribution in [2.75, 3.05) is 26.8 Å². The van der Waals surface area contributed by atoms with Gasteiger partial charge in [0.15, 0.2) is 0 Å². The maximum absolute atomic E-state index is 12.3. The predicted octanol–water partition coefficient (Wildman–Crippen LogP) is 2.97. The summed E-state index contributed by atoms with van der Waals surface area (Å²) in [4.78, 5) is 14.6. The van der Waals surface area contributed by atoms with Gasteiger partial charge in [-0.15, -0.1) is 0 Å². The third-order valence-corrected chi connectivity index (χ3v) is 4.51. The zero-order valence-corrected chi connectivity index (χ0v) is 14.3. The van der Waals surface area contributed by atoms with E-state index >= 15 is 0 Å². The summed E-state index contributed by atoms with van der Waals surface area (Å²) in [7, 11) is 1.69.